The van der Waals surface area contributed by atoms with E-state index in [2.05, 4.69) is 43.2 Å². The zero-order chi connectivity index (χ0) is 23.6. The van der Waals surface area contributed by atoms with Crippen LogP contribution in [-0.4, -0.2) is 36.7 Å². The Kier molecular flexibility index (Phi) is 6.97. The standard InChI is InChI=1S/C25H29N3O3S2/c1-4-19-5-7-20(8-6-19)23-16-32-25(26-23)27-24(29)21-9-11-22(12-10-21)33(30,31)28-14-17(2)13-18(3)15-28/h5-12,16-18H,4,13-15H2,1-3H3,(H,26,27,29)/t17-,18+. The van der Waals surface area contributed by atoms with Gasteiger partial charge in [0.25, 0.3) is 5.91 Å². The maximum Gasteiger partial charge on any atom is 0.257 e. The van der Waals surface area contributed by atoms with Gasteiger partial charge in [0.1, 0.15) is 0 Å². The number of aromatic nitrogens is 1. The van der Waals surface area contributed by atoms with Crippen molar-refractivity contribution < 1.29 is 13.2 Å². The summed E-state index contributed by atoms with van der Waals surface area (Å²) in [5.41, 5.74) is 3.46. The number of carbonyl (C=O) groups is 1. The number of thiazole rings is 1. The van der Waals surface area contributed by atoms with E-state index in [-0.39, 0.29) is 10.8 Å². The number of rotatable bonds is 6. The van der Waals surface area contributed by atoms with Gasteiger partial charge in [-0.15, -0.1) is 11.3 Å². The molecule has 3 aromatic rings. The van der Waals surface area contributed by atoms with Crippen LogP contribution in [0.4, 0.5) is 5.13 Å². The van der Waals surface area contributed by atoms with Crippen molar-refractivity contribution in [2.45, 2.75) is 38.5 Å². The summed E-state index contributed by atoms with van der Waals surface area (Å²) < 4.78 is 27.7. The molecule has 2 aromatic carbocycles. The molecule has 1 aliphatic heterocycles. The van der Waals surface area contributed by atoms with E-state index < -0.39 is 10.0 Å². The van der Waals surface area contributed by atoms with Crippen LogP contribution in [0, 0.1) is 11.8 Å². The highest BCUT2D eigenvalue weighted by molar-refractivity contribution is 7.89. The summed E-state index contributed by atoms with van der Waals surface area (Å²) in [6.45, 7) is 7.33. The Morgan fingerprint density at radius 2 is 1.70 bits per heavy atom. The van der Waals surface area contributed by atoms with Gasteiger partial charge in [-0.3, -0.25) is 10.1 Å². The molecule has 0 radical (unpaired) electrons. The van der Waals surface area contributed by atoms with Crippen LogP contribution in [0.15, 0.2) is 58.8 Å². The molecule has 1 fully saturated rings. The first-order valence-corrected chi connectivity index (χ1v) is 13.5. The zero-order valence-electron chi connectivity index (χ0n) is 19.1. The third-order valence-electron chi connectivity index (χ3n) is 5.97. The highest BCUT2D eigenvalue weighted by Crippen LogP contribution is 2.28. The van der Waals surface area contributed by atoms with E-state index in [1.54, 1.807) is 16.4 Å². The van der Waals surface area contributed by atoms with Crippen LogP contribution in [0.2, 0.25) is 0 Å². The Bertz CT molecular complexity index is 1210. The molecule has 0 saturated carbocycles. The molecular formula is C25H29N3O3S2. The van der Waals surface area contributed by atoms with Crippen LogP contribution in [-0.2, 0) is 16.4 Å². The van der Waals surface area contributed by atoms with Crippen LogP contribution in [0.1, 0.15) is 43.1 Å². The highest BCUT2D eigenvalue weighted by Gasteiger charge is 2.31. The van der Waals surface area contributed by atoms with Crippen molar-refractivity contribution in [2.75, 3.05) is 18.4 Å². The van der Waals surface area contributed by atoms with Crippen molar-refractivity contribution in [3.8, 4) is 11.3 Å². The predicted molar refractivity (Wildman–Crippen MR) is 133 cm³/mol. The SMILES string of the molecule is CCc1ccc(-c2csc(NC(=O)c3ccc(S(=O)(=O)N4C[C@H](C)C[C@H](C)C4)cc3)n2)cc1. The molecule has 1 N–H and O–H groups in total. The minimum atomic E-state index is -3.57. The number of hydrogen-bond acceptors (Lipinski definition) is 5. The van der Waals surface area contributed by atoms with Crippen LogP contribution < -0.4 is 5.32 Å². The summed E-state index contributed by atoms with van der Waals surface area (Å²) in [5.74, 6) is 0.351. The molecular weight excluding hydrogens is 454 g/mol. The van der Waals surface area contributed by atoms with Gasteiger partial charge >= 0.3 is 0 Å². The van der Waals surface area contributed by atoms with E-state index in [1.807, 2.05) is 17.5 Å². The molecule has 1 aromatic heterocycles. The maximum atomic E-state index is 13.0. The number of nitrogens with zero attached hydrogens (tertiary/aromatic N) is 2. The number of carbonyl (C=O) groups excluding carboxylic acids is 1. The Hall–Kier alpha value is -2.55. The Morgan fingerprint density at radius 3 is 2.30 bits per heavy atom. The lowest BCUT2D eigenvalue weighted by Gasteiger charge is -2.34. The predicted octanol–water partition coefficient (Wildman–Crippen LogP) is 5.29. The third-order valence-corrected chi connectivity index (χ3v) is 8.58. The van der Waals surface area contributed by atoms with Gasteiger partial charge in [0, 0.05) is 29.6 Å². The first-order chi connectivity index (χ1) is 15.8. The second-order valence-corrected chi connectivity index (χ2v) is 11.6. The van der Waals surface area contributed by atoms with Gasteiger partial charge in [-0.05, 0) is 54.5 Å². The quantitative estimate of drug-likeness (QED) is 0.517. The highest BCUT2D eigenvalue weighted by atomic mass is 32.2. The van der Waals surface area contributed by atoms with Crippen LogP contribution >= 0.6 is 11.3 Å². The van der Waals surface area contributed by atoms with Crippen molar-refractivity contribution in [3.05, 3.63) is 65.0 Å². The molecule has 2 atom stereocenters. The molecule has 0 aliphatic carbocycles. The number of nitrogens with one attached hydrogen (secondary N) is 1. The smallest absolute Gasteiger partial charge is 0.257 e. The second kappa shape index (κ2) is 9.75. The van der Waals surface area contributed by atoms with Gasteiger partial charge in [-0.1, -0.05) is 45.0 Å². The van der Waals surface area contributed by atoms with Gasteiger partial charge < -0.3 is 0 Å². The van der Waals surface area contributed by atoms with E-state index in [0.29, 0.717) is 35.6 Å². The van der Waals surface area contributed by atoms with Crippen molar-refractivity contribution in [1.82, 2.24) is 9.29 Å². The number of aryl methyl sites for hydroxylation is 1. The molecule has 4 rings (SSSR count). The first kappa shape index (κ1) is 23.6. The van der Waals surface area contributed by atoms with E-state index >= 15 is 0 Å². The lowest BCUT2D eigenvalue weighted by atomic mass is 9.94. The molecule has 33 heavy (non-hydrogen) atoms. The molecule has 0 unspecified atom stereocenters. The van der Waals surface area contributed by atoms with Gasteiger partial charge in [-0.2, -0.15) is 4.31 Å². The topological polar surface area (TPSA) is 79.4 Å². The van der Waals surface area contributed by atoms with Crippen molar-refractivity contribution in [2.24, 2.45) is 11.8 Å². The molecule has 0 spiro atoms. The van der Waals surface area contributed by atoms with Gasteiger partial charge in [0.2, 0.25) is 10.0 Å². The van der Waals surface area contributed by atoms with Crippen LogP contribution in [0.3, 0.4) is 0 Å². The monoisotopic (exact) mass is 483 g/mol. The van der Waals surface area contributed by atoms with Crippen molar-refractivity contribution in [3.63, 3.8) is 0 Å². The summed E-state index contributed by atoms with van der Waals surface area (Å²) >= 11 is 1.36. The normalized spacial score (nSPS) is 19.4. The number of piperidine rings is 1. The Labute approximate surface area is 199 Å². The largest absolute Gasteiger partial charge is 0.298 e. The summed E-state index contributed by atoms with van der Waals surface area (Å²) in [4.78, 5) is 17.4. The Morgan fingerprint density at radius 1 is 1.06 bits per heavy atom. The van der Waals surface area contributed by atoms with E-state index in [0.717, 1.165) is 24.1 Å². The number of sulfonamides is 1. The number of benzene rings is 2. The van der Waals surface area contributed by atoms with Gasteiger partial charge in [-0.25, -0.2) is 13.4 Å². The molecule has 8 heteroatoms. The van der Waals surface area contributed by atoms with Crippen molar-refractivity contribution in [1.29, 1.82) is 0 Å². The average Bonchev–Trinajstić information content (AvgIpc) is 3.27. The fourth-order valence-electron chi connectivity index (χ4n) is 4.27. The Balaban J connectivity index is 1.44. The average molecular weight is 484 g/mol. The fourth-order valence-corrected chi connectivity index (χ4v) is 6.67. The lowest BCUT2D eigenvalue weighted by Crippen LogP contribution is -2.42. The van der Waals surface area contributed by atoms with E-state index in [1.165, 1.54) is 29.0 Å². The van der Waals surface area contributed by atoms with Crippen LogP contribution in [0.5, 0.6) is 0 Å². The maximum absolute atomic E-state index is 13.0. The van der Waals surface area contributed by atoms with Crippen molar-refractivity contribution >= 4 is 32.4 Å². The molecule has 174 valence electrons. The second-order valence-electron chi connectivity index (χ2n) is 8.83. The first-order valence-electron chi connectivity index (χ1n) is 11.2. The zero-order valence-corrected chi connectivity index (χ0v) is 20.7. The summed E-state index contributed by atoms with van der Waals surface area (Å²) in [5, 5.41) is 5.22. The fraction of sp³-hybridized carbons (Fsp3) is 0.360. The summed E-state index contributed by atoms with van der Waals surface area (Å²) in [7, 11) is -3.57. The molecule has 0 bridgehead atoms. The molecule has 2 heterocycles. The number of hydrogen-bond donors (Lipinski definition) is 1. The summed E-state index contributed by atoms with van der Waals surface area (Å²) in [6, 6.07) is 14.3. The van der Waals surface area contributed by atoms with E-state index in [4.69, 9.17) is 0 Å². The number of amides is 1. The molecule has 6 nitrogen and oxygen atoms in total. The third kappa shape index (κ3) is 5.34. The summed E-state index contributed by atoms with van der Waals surface area (Å²) in [6.07, 6.45) is 2.02. The minimum Gasteiger partial charge on any atom is -0.298 e. The molecule has 1 saturated heterocycles. The minimum absolute atomic E-state index is 0.215. The van der Waals surface area contributed by atoms with Crippen LogP contribution in [0.25, 0.3) is 11.3 Å². The molecule has 1 amide bonds. The number of anilines is 1. The lowest BCUT2D eigenvalue weighted by molar-refractivity contribution is 0.102. The van der Waals surface area contributed by atoms with E-state index in [9.17, 15) is 13.2 Å². The molecule has 1 aliphatic rings. The van der Waals surface area contributed by atoms with Gasteiger partial charge in [0.05, 0.1) is 10.6 Å². The van der Waals surface area contributed by atoms with Gasteiger partial charge in [0.15, 0.2) is 5.13 Å².